The number of aromatic carboxylic acids is 2. The maximum atomic E-state index is 13.3. The van der Waals surface area contributed by atoms with Gasteiger partial charge in [0.1, 0.15) is 5.57 Å². The van der Waals surface area contributed by atoms with E-state index in [1.54, 1.807) is 42.7 Å². The molecule has 0 unspecified atom stereocenters. The minimum Gasteiger partial charge on any atom is -0.478 e. The summed E-state index contributed by atoms with van der Waals surface area (Å²) >= 11 is 0. The number of imide groups is 2. The topological polar surface area (TPSA) is 146 Å². The van der Waals surface area contributed by atoms with Gasteiger partial charge in [-0.3, -0.25) is 14.9 Å². The second kappa shape index (κ2) is 9.23. The van der Waals surface area contributed by atoms with Gasteiger partial charge in [-0.05, 0) is 86.9 Å². The quantitative estimate of drug-likeness (QED) is 0.356. The number of rotatable bonds is 5. The Kier molecular flexibility index (Phi) is 6.26. The molecule has 2 aromatic carbocycles. The molecule has 1 aliphatic heterocycles. The van der Waals surface area contributed by atoms with Gasteiger partial charge >= 0.3 is 18.0 Å². The normalized spacial score (nSPS) is 14.8. The third-order valence-corrected chi connectivity index (χ3v) is 6.29. The summed E-state index contributed by atoms with van der Waals surface area (Å²) in [5.41, 5.74) is 3.39. The summed E-state index contributed by atoms with van der Waals surface area (Å²) < 4.78 is 1.63. The first-order valence-corrected chi connectivity index (χ1v) is 11.2. The van der Waals surface area contributed by atoms with E-state index in [1.165, 1.54) is 18.2 Å². The van der Waals surface area contributed by atoms with Crippen molar-refractivity contribution in [3.63, 3.8) is 0 Å². The van der Waals surface area contributed by atoms with Crippen LogP contribution in [0, 0.1) is 27.7 Å². The van der Waals surface area contributed by atoms with Gasteiger partial charge in [-0.1, -0.05) is 6.07 Å². The molecule has 1 saturated heterocycles. The van der Waals surface area contributed by atoms with E-state index in [4.69, 9.17) is 0 Å². The molecule has 37 heavy (non-hydrogen) atoms. The van der Waals surface area contributed by atoms with Crippen molar-refractivity contribution in [1.82, 2.24) is 9.88 Å². The fraction of sp³-hybridized carbons (Fsp3) is 0.148. The summed E-state index contributed by atoms with van der Waals surface area (Å²) in [6.07, 6.45) is 1.36. The van der Waals surface area contributed by atoms with Crippen LogP contribution in [-0.4, -0.2) is 44.6 Å². The average Bonchev–Trinajstić information content (AvgIpc) is 3.11. The van der Waals surface area contributed by atoms with Crippen LogP contribution in [-0.2, 0) is 9.59 Å². The third-order valence-electron chi connectivity index (χ3n) is 6.29. The third kappa shape index (κ3) is 4.52. The Balaban J connectivity index is 1.81. The first-order valence-electron chi connectivity index (χ1n) is 11.2. The molecule has 4 amide bonds. The van der Waals surface area contributed by atoms with Gasteiger partial charge in [0.05, 0.1) is 16.8 Å². The SMILES string of the molecule is Cc1ccc(N2C(=O)NC(=O)/C(=C\c3cc(C)n(-c4cc(C(=O)O)cc(C(=O)O)c4)c3C)C2=O)cc1C. The van der Waals surface area contributed by atoms with Crippen molar-refractivity contribution < 1.29 is 34.2 Å². The molecule has 0 radical (unpaired) electrons. The predicted octanol–water partition coefficient (Wildman–Crippen LogP) is 3.77. The minimum atomic E-state index is -1.28. The fourth-order valence-corrected chi connectivity index (χ4v) is 4.23. The van der Waals surface area contributed by atoms with Crippen molar-refractivity contribution in [3.8, 4) is 5.69 Å². The highest BCUT2D eigenvalue weighted by Crippen LogP contribution is 2.28. The first-order chi connectivity index (χ1) is 17.4. The molecule has 0 atom stereocenters. The summed E-state index contributed by atoms with van der Waals surface area (Å²) in [4.78, 5) is 62.5. The number of carboxylic acids is 2. The van der Waals surface area contributed by atoms with Crippen molar-refractivity contribution >= 4 is 41.5 Å². The van der Waals surface area contributed by atoms with Crippen LogP contribution in [0.5, 0.6) is 0 Å². The number of nitrogens with zero attached hydrogens (tertiary/aromatic N) is 2. The zero-order chi connectivity index (χ0) is 27.2. The molecular weight excluding hydrogens is 478 g/mol. The Bertz CT molecular complexity index is 1530. The molecule has 4 rings (SSSR count). The number of carbonyl (C=O) groups excluding carboxylic acids is 3. The lowest BCUT2D eigenvalue weighted by molar-refractivity contribution is -0.122. The number of carbonyl (C=O) groups is 5. The zero-order valence-corrected chi connectivity index (χ0v) is 20.4. The van der Waals surface area contributed by atoms with Crippen molar-refractivity contribution in [2.45, 2.75) is 27.7 Å². The van der Waals surface area contributed by atoms with E-state index in [-0.39, 0.29) is 16.7 Å². The molecule has 0 saturated carbocycles. The number of aryl methyl sites for hydroxylation is 3. The lowest BCUT2D eigenvalue weighted by atomic mass is 10.1. The molecule has 0 aliphatic carbocycles. The standard InChI is InChI=1S/C27H23N3O7/c1-13-5-6-20(7-14(13)2)30-24(32)22(23(31)28-27(30)37)12-17-8-15(3)29(16(17)4)21-10-18(25(33)34)9-19(11-21)26(35)36/h5-12H,1-4H3,(H,33,34)(H,35,36)(H,28,31,37)/b22-12+. The Morgan fingerprint density at radius 1 is 0.811 bits per heavy atom. The lowest BCUT2D eigenvalue weighted by Gasteiger charge is -2.26. The minimum absolute atomic E-state index is 0.202. The number of hydrogen-bond donors (Lipinski definition) is 3. The van der Waals surface area contributed by atoms with Crippen LogP contribution in [0.25, 0.3) is 11.8 Å². The highest BCUT2D eigenvalue weighted by molar-refractivity contribution is 6.39. The van der Waals surface area contributed by atoms with Crippen LogP contribution in [0.3, 0.4) is 0 Å². The maximum absolute atomic E-state index is 13.3. The smallest absolute Gasteiger partial charge is 0.335 e. The van der Waals surface area contributed by atoms with E-state index in [1.807, 2.05) is 13.8 Å². The van der Waals surface area contributed by atoms with Crippen LogP contribution in [0.2, 0.25) is 0 Å². The highest BCUT2D eigenvalue weighted by Gasteiger charge is 2.37. The monoisotopic (exact) mass is 501 g/mol. The molecule has 0 bridgehead atoms. The molecule has 10 nitrogen and oxygen atoms in total. The molecule has 0 spiro atoms. The van der Waals surface area contributed by atoms with Crippen LogP contribution in [0.15, 0.2) is 48.0 Å². The second-order valence-electron chi connectivity index (χ2n) is 8.77. The molecule has 1 aromatic heterocycles. The van der Waals surface area contributed by atoms with Gasteiger partial charge in [-0.15, -0.1) is 0 Å². The number of amides is 4. The molecule has 2 heterocycles. The van der Waals surface area contributed by atoms with Crippen LogP contribution in [0.4, 0.5) is 10.5 Å². The van der Waals surface area contributed by atoms with Crippen LogP contribution < -0.4 is 10.2 Å². The molecular formula is C27H23N3O7. The summed E-state index contributed by atoms with van der Waals surface area (Å²) in [6, 6.07) is 9.63. The second-order valence-corrected chi connectivity index (χ2v) is 8.77. The van der Waals surface area contributed by atoms with Gasteiger partial charge in [0.25, 0.3) is 11.8 Å². The van der Waals surface area contributed by atoms with Gasteiger partial charge in [0.2, 0.25) is 0 Å². The number of aromatic nitrogens is 1. The molecule has 188 valence electrons. The first kappa shape index (κ1) is 25.1. The van der Waals surface area contributed by atoms with Crippen molar-refractivity contribution in [2.24, 2.45) is 0 Å². The van der Waals surface area contributed by atoms with Gasteiger partial charge < -0.3 is 14.8 Å². The molecule has 1 aliphatic rings. The predicted molar refractivity (Wildman–Crippen MR) is 134 cm³/mol. The molecule has 3 aromatic rings. The van der Waals surface area contributed by atoms with Gasteiger partial charge in [0, 0.05) is 17.1 Å². The molecule has 10 heteroatoms. The van der Waals surface area contributed by atoms with E-state index in [2.05, 4.69) is 5.32 Å². The zero-order valence-electron chi connectivity index (χ0n) is 20.4. The average molecular weight is 501 g/mol. The fourth-order valence-electron chi connectivity index (χ4n) is 4.23. The van der Waals surface area contributed by atoms with Crippen LogP contribution >= 0.6 is 0 Å². The Hall–Kier alpha value is -4.99. The largest absolute Gasteiger partial charge is 0.478 e. The van der Waals surface area contributed by atoms with Crippen LogP contribution in [0.1, 0.15) is 48.8 Å². The number of hydrogen-bond acceptors (Lipinski definition) is 5. The number of urea groups is 1. The number of benzene rings is 2. The van der Waals surface area contributed by atoms with Gasteiger partial charge in [0.15, 0.2) is 0 Å². The van der Waals surface area contributed by atoms with E-state index in [9.17, 15) is 34.2 Å². The molecule has 1 fully saturated rings. The van der Waals surface area contributed by atoms with E-state index >= 15 is 0 Å². The van der Waals surface area contributed by atoms with Crippen molar-refractivity contribution in [3.05, 3.63) is 87.2 Å². The van der Waals surface area contributed by atoms with Crippen molar-refractivity contribution in [1.29, 1.82) is 0 Å². The Morgan fingerprint density at radius 3 is 2.00 bits per heavy atom. The number of carboxylic acid groups (broad SMARTS) is 2. The number of anilines is 1. The maximum Gasteiger partial charge on any atom is 0.335 e. The molecule has 3 N–H and O–H groups in total. The summed E-state index contributed by atoms with van der Waals surface area (Å²) in [5, 5.41) is 21.1. The van der Waals surface area contributed by atoms with Gasteiger partial charge in [-0.2, -0.15) is 0 Å². The summed E-state index contributed by atoms with van der Waals surface area (Å²) in [5.74, 6) is -4.20. The lowest BCUT2D eigenvalue weighted by Crippen LogP contribution is -2.54. The summed E-state index contributed by atoms with van der Waals surface area (Å²) in [6.45, 7) is 7.14. The highest BCUT2D eigenvalue weighted by atomic mass is 16.4. The van der Waals surface area contributed by atoms with E-state index in [0.29, 0.717) is 28.3 Å². The van der Waals surface area contributed by atoms with Gasteiger partial charge in [-0.25, -0.2) is 19.3 Å². The van der Waals surface area contributed by atoms with E-state index in [0.717, 1.165) is 22.1 Å². The number of nitrogens with one attached hydrogen (secondary N) is 1. The number of barbiturate groups is 1. The Morgan fingerprint density at radius 2 is 1.43 bits per heavy atom. The summed E-state index contributed by atoms with van der Waals surface area (Å²) in [7, 11) is 0. The van der Waals surface area contributed by atoms with Crippen molar-refractivity contribution in [2.75, 3.05) is 4.90 Å². The Labute approximate surface area is 211 Å². The van der Waals surface area contributed by atoms with E-state index < -0.39 is 29.8 Å².